The number of rotatable bonds is 9. The summed E-state index contributed by atoms with van der Waals surface area (Å²) in [6, 6.07) is 9.11. The first-order chi connectivity index (χ1) is 15.5. The number of morpholine rings is 1. The van der Waals surface area contributed by atoms with Gasteiger partial charge < -0.3 is 14.2 Å². The summed E-state index contributed by atoms with van der Waals surface area (Å²) in [6.07, 6.45) is 1.59. The van der Waals surface area contributed by atoms with Gasteiger partial charge in [-0.25, -0.2) is 5.43 Å². The van der Waals surface area contributed by atoms with E-state index in [4.69, 9.17) is 37.4 Å². The Morgan fingerprint density at radius 2 is 2.00 bits per heavy atom. The number of ether oxygens (including phenoxy) is 3. The van der Waals surface area contributed by atoms with Crippen molar-refractivity contribution in [2.45, 2.75) is 13.5 Å². The molecule has 0 spiro atoms. The van der Waals surface area contributed by atoms with E-state index in [2.05, 4.69) is 33.1 Å². The third-order valence-corrected chi connectivity index (χ3v) is 6.11. The molecule has 1 amide bonds. The van der Waals surface area contributed by atoms with E-state index < -0.39 is 0 Å². The zero-order valence-corrected chi connectivity index (χ0v) is 21.2. The van der Waals surface area contributed by atoms with Gasteiger partial charge in [-0.15, -0.1) is 0 Å². The molecule has 0 unspecified atom stereocenters. The van der Waals surface area contributed by atoms with Crippen molar-refractivity contribution in [2.75, 3.05) is 39.5 Å². The first-order valence-corrected chi connectivity index (χ1v) is 11.9. The molecule has 0 radical (unpaired) electrons. The van der Waals surface area contributed by atoms with Crippen LogP contribution >= 0.6 is 45.8 Å². The van der Waals surface area contributed by atoms with Crippen molar-refractivity contribution in [3.05, 3.63) is 55.1 Å². The Morgan fingerprint density at radius 3 is 2.72 bits per heavy atom. The third-order valence-electron chi connectivity index (χ3n) is 4.57. The highest BCUT2D eigenvalue weighted by Crippen LogP contribution is 2.35. The van der Waals surface area contributed by atoms with Crippen LogP contribution in [0.15, 0.2) is 35.4 Å². The van der Waals surface area contributed by atoms with Crippen LogP contribution in [0.5, 0.6) is 11.5 Å². The van der Waals surface area contributed by atoms with Crippen LogP contribution in [0.25, 0.3) is 0 Å². The lowest BCUT2D eigenvalue weighted by molar-refractivity contribution is -0.123. The summed E-state index contributed by atoms with van der Waals surface area (Å²) in [7, 11) is 0. The first-order valence-electron chi connectivity index (χ1n) is 10.1. The molecule has 0 bridgehead atoms. The number of hydrogen-bond donors (Lipinski definition) is 1. The van der Waals surface area contributed by atoms with Crippen LogP contribution in [0, 0.1) is 3.57 Å². The number of amides is 1. The minimum atomic E-state index is -0.163. The molecule has 0 aliphatic carbocycles. The van der Waals surface area contributed by atoms with Crippen LogP contribution in [0.4, 0.5) is 0 Å². The summed E-state index contributed by atoms with van der Waals surface area (Å²) >= 11 is 14.3. The maximum Gasteiger partial charge on any atom is 0.254 e. The van der Waals surface area contributed by atoms with Gasteiger partial charge in [-0.1, -0.05) is 29.3 Å². The van der Waals surface area contributed by atoms with Crippen LogP contribution in [-0.2, 0) is 16.1 Å². The van der Waals surface area contributed by atoms with Crippen molar-refractivity contribution in [2.24, 2.45) is 5.10 Å². The average Bonchev–Trinajstić information content (AvgIpc) is 2.76. The van der Waals surface area contributed by atoms with E-state index in [9.17, 15) is 4.79 Å². The molecule has 1 aliphatic rings. The fraction of sp³-hybridized carbons (Fsp3) is 0.364. The van der Waals surface area contributed by atoms with Gasteiger partial charge in [0.15, 0.2) is 11.5 Å². The topological polar surface area (TPSA) is 72.4 Å². The Labute approximate surface area is 211 Å². The lowest BCUT2D eigenvalue weighted by Gasteiger charge is -2.25. The van der Waals surface area contributed by atoms with Crippen molar-refractivity contribution in [1.29, 1.82) is 0 Å². The van der Waals surface area contributed by atoms with E-state index in [-0.39, 0.29) is 5.91 Å². The predicted molar refractivity (Wildman–Crippen MR) is 134 cm³/mol. The number of nitrogens with zero attached hydrogens (tertiary/aromatic N) is 2. The van der Waals surface area contributed by atoms with Crippen molar-refractivity contribution in [3.63, 3.8) is 0 Å². The molecule has 1 saturated heterocycles. The van der Waals surface area contributed by atoms with E-state index in [1.807, 2.05) is 30.0 Å². The number of carbonyl (C=O) groups is 1. The number of nitrogens with one attached hydrogen (secondary N) is 1. The summed E-state index contributed by atoms with van der Waals surface area (Å²) in [4.78, 5) is 14.1. The highest BCUT2D eigenvalue weighted by atomic mass is 127. The molecular formula is C22H24Cl2IN3O4. The van der Waals surface area contributed by atoms with Crippen molar-refractivity contribution in [1.82, 2.24) is 10.3 Å². The van der Waals surface area contributed by atoms with Gasteiger partial charge in [0.25, 0.3) is 5.91 Å². The maximum absolute atomic E-state index is 12.1. The quantitative estimate of drug-likeness (QED) is 0.267. The summed E-state index contributed by atoms with van der Waals surface area (Å²) in [5.74, 6) is 1.07. The van der Waals surface area contributed by atoms with E-state index in [1.54, 1.807) is 18.3 Å². The smallest absolute Gasteiger partial charge is 0.254 e. The number of halogens is 3. The lowest BCUT2D eigenvalue weighted by Crippen LogP contribution is -2.42. The molecule has 1 aliphatic heterocycles. The number of benzene rings is 2. The summed E-state index contributed by atoms with van der Waals surface area (Å²) < 4.78 is 17.9. The highest BCUT2D eigenvalue weighted by Gasteiger charge is 2.14. The van der Waals surface area contributed by atoms with Gasteiger partial charge >= 0.3 is 0 Å². The largest absolute Gasteiger partial charge is 0.490 e. The monoisotopic (exact) mass is 591 g/mol. The van der Waals surface area contributed by atoms with Crippen LogP contribution in [-0.4, -0.2) is 56.5 Å². The first kappa shape index (κ1) is 25.0. The predicted octanol–water partition coefficient (Wildman–Crippen LogP) is 4.36. The Kier molecular flexibility index (Phi) is 9.86. The van der Waals surface area contributed by atoms with E-state index in [0.717, 1.165) is 27.8 Å². The molecule has 10 heteroatoms. The maximum atomic E-state index is 12.1. The lowest BCUT2D eigenvalue weighted by atomic mass is 10.2. The van der Waals surface area contributed by atoms with E-state index in [0.29, 0.717) is 54.5 Å². The summed E-state index contributed by atoms with van der Waals surface area (Å²) in [6.45, 7) is 5.79. The molecule has 32 heavy (non-hydrogen) atoms. The average molecular weight is 592 g/mol. The molecule has 2 aromatic carbocycles. The molecule has 1 N–H and O–H groups in total. The Balaban J connectivity index is 1.63. The molecule has 0 atom stereocenters. The second kappa shape index (κ2) is 12.6. The van der Waals surface area contributed by atoms with Crippen molar-refractivity contribution >= 4 is 57.9 Å². The SMILES string of the molecule is CCOc1cc(/C=N\NC(=O)CN2CCOCC2)cc(I)c1OCc1ccc(Cl)c(Cl)c1. The summed E-state index contributed by atoms with van der Waals surface area (Å²) in [5, 5.41) is 5.06. The zero-order valence-electron chi connectivity index (χ0n) is 17.6. The van der Waals surface area contributed by atoms with Gasteiger partial charge in [0.1, 0.15) is 6.61 Å². The second-order valence-corrected chi connectivity index (χ2v) is 8.96. The molecular weight excluding hydrogens is 568 g/mol. The van der Waals surface area contributed by atoms with Gasteiger partial charge in [-0.3, -0.25) is 9.69 Å². The second-order valence-electron chi connectivity index (χ2n) is 6.98. The van der Waals surface area contributed by atoms with Gasteiger partial charge in [0.05, 0.1) is 46.2 Å². The minimum Gasteiger partial charge on any atom is -0.490 e. The molecule has 1 fully saturated rings. The standard InChI is InChI=1S/C22H24Cl2IN3O4/c1-2-31-20-11-16(12-26-27-21(29)13-28-5-7-30-8-6-28)10-19(25)22(20)32-14-15-3-4-17(23)18(24)9-15/h3-4,9-12H,2,5-8,13-14H2,1H3,(H,27,29)/b26-12-. The van der Waals surface area contributed by atoms with Gasteiger partial charge in [-0.2, -0.15) is 5.10 Å². The number of hydrazone groups is 1. The van der Waals surface area contributed by atoms with Crippen molar-refractivity contribution in [3.8, 4) is 11.5 Å². The van der Waals surface area contributed by atoms with Crippen LogP contribution in [0.3, 0.4) is 0 Å². The molecule has 0 aromatic heterocycles. The van der Waals surface area contributed by atoms with Crippen LogP contribution in [0.2, 0.25) is 10.0 Å². The zero-order chi connectivity index (χ0) is 22.9. The van der Waals surface area contributed by atoms with E-state index in [1.165, 1.54) is 0 Å². The highest BCUT2D eigenvalue weighted by molar-refractivity contribution is 14.1. The van der Waals surface area contributed by atoms with Gasteiger partial charge in [0, 0.05) is 13.1 Å². The molecule has 3 rings (SSSR count). The normalized spacial score (nSPS) is 14.5. The molecule has 1 heterocycles. The number of hydrogen-bond acceptors (Lipinski definition) is 6. The van der Waals surface area contributed by atoms with Crippen molar-refractivity contribution < 1.29 is 19.0 Å². The fourth-order valence-electron chi connectivity index (χ4n) is 3.03. The summed E-state index contributed by atoms with van der Waals surface area (Å²) in [5.41, 5.74) is 4.25. The minimum absolute atomic E-state index is 0.163. The van der Waals surface area contributed by atoms with E-state index >= 15 is 0 Å². The molecule has 7 nitrogen and oxygen atoms in total. The fourth-order valence-corrected chi connectivity index (χ4v) is 4.13. The molecule has 2 aromatic rings. The Hall–Kier alpha value is -1.59. The molecule has 172 valence electrons. The van der Waals surface area contributed by atoms with Crippen LogP contribution < -0.4 is 14.9 Å². The third kappa shape index (κ3) is 7.48. The molecule has 0 saturated carbocycles. The number of carbonyl (C=O) groups excluding carboxylic acids is 1. The Morgan fingerprint density at radius 1 is 1.22 bits per heavy atom. The van der Waals surface area contributed by atoms with Gasteiger partial charge in [-0.05, 0) is 64.9 Å². The van der Waals surface area contributed by atoms with Crippen LogP contribution in [0.1, 0.15) is 18.1 Å². The Bertz CT molecular complexity index is 968. The van der Waals surface area contributed by atoms with Gasteiger partial charge in [0.2, 0.25) is 0 Å².